The Morgan fingerprint density at radius 1 is 1.08 bits per heavy atom. The summed E-state index contributed by atoms with van der Waals surface area (Å²) < 4.78 is 1.10. The van der Waals surface area contributed by atoms with E-state index in [0.717, 1.165) is 10.0 Å². The van der Waals surface area contributed by atoms with E-state index in [1.54, 1.807) is 23.5 Å². The summed E-state index contributed by atoms with van der Waals surface area (Å²) in [5.41, 5.74) is 1.12. The maximum absolute atomic E-state index is 9.12. The van der Waals surface area contributed by atoms with Gasteiger partial charge in [0.25, 0.3) is 0 Å². The third kappa shape index (κ3) is 1.76. The molecule has 66 valence electrons. The summed E-state index contributed by atoms with van der Waals surface area (Å²) in [7, 11) is 0. The first-order valence-electron chi connectivity index (χ1n) is 3.80. The van der Waals surface area contributed by atoms with E-state index in [0.29, 0.717) is 5.75 Å². The minimum atomic E-state index is 0.302. The Morgan fingerprint density at radius 2 is 1.77 bits per heavy atom. The second-order valence-corrected chi connectivity index (χ2v) is 4.41. The van der Waals surface area contributed by atoms with Crippen LogP contribution in [0.5, 0.6) is 5.75 Å². The lowest BCUT2D eigenvalue weighted by Crippen LogP contribution is -1.71. The number of rotatable bonds is 1. The summed E-state index contributed by atoms with van der Waals surface area (Å²) in [6, 6.07) is 9.23. The standard InChI is InChI=1S/C10H7BrOS/c11-9-5-6-13-10(9)7-1-3-8(12)4-2-7/h1-6,12H. The molecular formula is C10H7BrOS. The molecule has 1 aromatic carbocycles. The third-order valence-corrected chi connectivity index (χ3v) is 3.63. The zero-order valence-corrected chi connectivity index (χ0v) is 9.10. The fourth-order valence-electron chi connectivity index (χ4n) is 1.11. The van der Waals surface area contributed by atoms with Crippen molar-refractivity contribution in [2.24, 2.45) is 0 Å². The molecule has 0 bridgehead atoms. The molecule has 1 heterocycles. The van der Waals surface area contributed by atoms with Crippen LogP contribution in [0.1, 0.15) is 0 Å². The molecule has 13 heavy (non-hydrogen) atoms. The summed E-state index contributed by atoms with van der Waals surface area (Å²) in [5, 5.41) is 11.1. The molecule has 0 unspecified atom stereocenters. The van der Waals surface area contributed by atoms with Crippen LogP contribution in [-0.4, -0.2) is 5.11 Å². The number of phenols is 1. The van der Waals surface area contributed by atoms with E-state index in [4.69, 9.17) is 5.11 Å². The molecule has 0 amide bonds. The zero-order chi connectivity index (χ0) is 9.26. The van der Waals surface area contributed by atoms with E-state index in [1.807, 2.05) is 23.6 Å². The first-order valence-corrected chi connectivity index (χ1v) is 5.47. The average Bonchev–Trinajstić information content (AvgIpc) is 2.53. The van der Waals surface area contributed by atoms with Gasteiger partial charge in [0.2, 0.25) is 0 Å². The average molecular weight is 255 g/mol. The van der Waals surface area contributed by atoms with Crippen LogP contribution in [-0.2, 0) is 0 Å². The number of benzene rings is 1. The lowest BCUT2D eigenvalue weighted by Gasteiger charge is -1.98. The Kier molecular flexibility index (Phi) is 2.38. The van der Waals surface area contributed by atoms with Gasteiger partial charge in [-0.2, -0.15) is 0 Å². The predicted molar refractivity (Wildman–Crippen MR) is 59.1 cm³/mol. The van der Waals surface area contributed by atoms with Gasteiger partial charge in [-0.1, -0.05) is 0 Å². The minimum absolute atomic E-state index is 0.302. The SMILES string of the molecule is Oc1ccc(-c2sccc2Br)cc1. The van der Waals surface area contributed by atoms with Gasteiger partial charge in [0, 0.05) is 9.35 Å². The van der Waals surface area contributed by atoms with Crippen LogP contribution >= 0.6 is 27.3 Å². The highest BCUT2D eigenvalue weighted by molar-refractivity contribution is 9.10. The van der Waals surface area contributed by atoms with Crippen LogP contribution in [0.3, 0.4) is 0 Å². The first-order chi connectivity index (χ1) is 6.27. The van der Waals surface area contributed by atoms with Crippen LogP contribution < -0.4 is 0 Å². The molecule has 0 atom stereocenters. The fraction of sp³-hybridized carbons (Fsp3) is 0. The molecule has 0 saturated heterocycles. The Hall–Kier alpha value is -0.800. The fourth-order valence-corrected chi connectivity index (χ4v) is 2.72. The molecule has 1 aromatic heterocycles. The monoisotopic (exact) mass is 254 g/mol. The van der Waals surface area contributed by atoms with Crippen molar-refractivity contribution in [3.63, 3.8) is 0 Å². The second-order valence-electron chi connectivity index (χ2n) is 2.64. The Bertz CT molecular complexity index is 405. The molecule has 0 fully saturated rings. The van der Waals surface area contributed by atoms with Crippen LogP contribution in [0.2, 0.25) is 0 Å². The molecule has 2 aromatic rings. The van der Waals surface area contributed by atoms with E-state index in [-0.39, 0.29) is 0 Å². The van der Waals surface area contributed by atoms with Gasteiger partial charge in [-0.15, -0.1) is 11.3 Å². The maximum atomic E-state index is 9.12. The van der Waals surface area contributed by atoms with Crippen molar-refractivity contribution in [3.05, 3.63) is 40.2 Å². The second kappa shape index (κ2) is 3.52. The molecule has 2 rings (SSSR count). The summed E-state index contributed by atoms with van der Waals surface area (Å²) in [6.07, 6.45) is 0. The lowest BCUT2D eigenvalue weighted by atomic mass is 10.2. The summed E-state index contributed by atoms with van der Waals surface area (Å²) in [4.78, 5) is 1.19. The van der Waals surface area contributed by atoms with Gasteiger partial charge in [-0.3, -0.25) is 0 Å². The largest absolute Gasteiger partial charge is 0.508 e. The molecule has 0 aliphatic rings. The predicted octanol–water partition coefficient (Wildman–Crippen LogP) is 3.88. The number of phenolic OH excluding ortho intramolecular Hbond substituents is 1. The molecule has 0 aliphatic carbocycles. The number of halogens is 1. The highest BCUT2D eigenvalue weighted by Gasteiger charge is 2.03. The van der Waals surface area contributed by atoms with E-state index >= 15 is 0 Å². The number of hydrogen-bond acceptors (Lipinski definition) is 2. The Labute approximate surface area is 88.8 Å². The Balaban J connectivity index is 2.47. The van der Waals surface area contributed by atoms with Gasteiger partial charge in [0.05, 0.1) is 0 Å². The molecular weight excluding hydrogens is 248 g/mol. The van der Waals surface area contributed by atoms with Gasteiger partial charge in [-0.25, -0.2) is 0 Å². The molecule has 0 aliphatic heterocycles. The van der Waals surface area contributed by atoms with Crippen molar-refractivity contribution >= 4 is 27.3 Å². The molecule has 0 saturated carbocycles. The number of aromatic hydroxyl groups is 1. The highest BCUT2D eigenvalue weighted by Crippen LogP contribution is 2.33. The van der Waals surface area contributed by atoms with Gasteiger partial charge < -0.3 is 5.11 Å². The first kappa shape index (κ1) is 8.78. The zero-order valence-electron chi connectivity index (χ0n) is 6.70. The number of hydrogen-bond donors (Lipinski definition) is 1. The Morgan fingerprint density at radius 3 is 2.31 bits per heavy atom. The molecule has 0 radical (unpaired) electrons. The summed E-state index contributed by atoms with van der Waals surface area (Å²) in [6.45, 7) is 0. The van der Waals surface area contributed by atoms with Gasteiger partial charge >= 0.3 is 0 Å². The van der Waals surface area contributed by atoms with Crippen molar-refractivity contribution in [3.8, 4) is 16.2 Å². The van der Waals surface area contributed by atoms with Crippen LogP contribution in [0.15, 0.2) is 40.2 Å². The van der Waals surface area contributed by atoms with E-state index in [9.17, 15) is 0 Å². The van der Waals surface area contributed by atoms with Gasteiger partial charge in [-0.05, 0) is 57.2 Å². The van der Waals surface area contributed by atoms with Crippen molar-refractivity contribution in [2.75, 3.05) is 0 Å². The van der Waals surface area contributed by atoms with E-state index < -0.39 is 0 Å². The molecule has 1 nitrogen and oxygen atoms in total. The highest BCUT2D eigenvalue weighted by atomic mass is 79.9. The van der Waals surface area contributed by atoms with Crippen LogP contribution in [0.4, 0.5) is 0 Å². The van der Waals surface area contributed by atoms with Crippen molar-refractivity contribution in [1.29, 1.82) is 0 Å². The summed E-state index contributed by atoms with van der Waals surface area (Å²) >= 11 is 5.15. The van der Waals surface area contributed by atoms with Gasteiger partial charge in [0.15, 0.2) is 0 Å². The summed E-state index contributed by atoms with van der Waals surface area (Å²) in [5.74, 6) is 0.302. The van der Waals surface area contributed by atoms with Crippen molar-refractivity contribution in [2.45, 2.75) is 0 Å². The third-order valence-electron chi connectivity index (χ3n) is 1.75. The van der Waals surface area contributed by atoms with Crippen molar-refractivity contribution in [1.82, 2.24) is 0 Å². The number of thiophene rings is 1. The van der Waals surface area contributed by atoms with Gasteiger partial charge in [0.1, 0.15) is 5.75 Å². The quantitative estimate of drug-likeness (QED) is 0.819. The van der Waals surface area contributed by atoms with Crippen LogP contribution in [0, 0.1) is 0 Å². The lowest BCUT2D eigenvalue weighted by molar-refractivity contribution is 0.475. The minimum Gasteiger partial charge on any atom is -0.508 e. The van der Waals surface area contributed by atoms with Crippen LogP contribution in [0.25, 0.3) is 10.4 Å². The maximum Gasteiger partial charge on any atom is 0.115 e. The molecule has 0 spiro atoms. The van der Waals surface area contributed by atoms with E-state index in [1.165, 1.54) is 4.88 Å². The topological polar surface area (TPSA) is 20.2 Å². The molecule has 1 N–H and O–H groups in total. The molecule has 3 heteroatoms. The van der Waals surface area contributed by atoms with E-state index in [2.05, 4.69) is 15.9 Å². The normalized spacial score (nSPS) is 10.2. The van der Waals surface area contributed by atoms with Crippen molar-refractivity contribution < 1.29 is 5.11 Å². The smallest absolute Gasteiger partial charge is 0.115 e.